The van der Waals surface area contributed by atoms with Gasteiger partial charge < -0.3 is 18.9 Å². The molecule has 0 radical (unpaired) electrons. The lowest BCUT2D eigenvalue weighted by Gasteiger charge is -2.29. The molecule has 5 nitrogen and oxygen atoms in total. The number of para-hydroxylation sites is 2. The van der Waals surface area contributed by atoms with Gasteiger partial charge in [0.2, 0.25) is 0 Å². The molecular weight excluding hydrogens is 422 g/mol. The molecule has 1 fully saturated rings. The molecule has 1 aliphatic heterocycles. The molecule has 32 heavy (non-hydrogen) atoms. The van der Waals surface area contributed by atoms with E-state index >= 15 is 0 Å². The molecule has 1 saturated heterocycles. The number of hydrogen-bond acceptors (Lipinski definition) is 4. The number of aromatic nitrogens is 2. The van der Waals surface area contributed by atoms with Gasteiger partial charge in [-0.05, 0) is 47.5 Å². The predicted octanol–water partition coefficient (Wildman–Crippen LogP) is 5.48. The van der Waals surface area contributed by atoms with Crippen molar-refractivity contribution in [2.75, 3.05) is 31.2 Å². The lowest BCUT2D eigenvalue weighted by molar-refractivity contribution is 0.0287. The summed E-state index contributed by atoms with van der Waals surface area (Å²) in [6.45, 7) is 4.61. The van der Waals surface area contributed by atoms with Gasteiger partial charge in [0.15, 0.2) is 0 Å². The summed E-state index contributed by atoms with van der Waals surface area (Å²) >= 11 is 6.04. The van der Waals surface area contributed by atoms with Crippen LogP contribution in [0.5, 0.6) is 0 Å². The second-order valence-electron chi connectivity index (χ2n) is 8.00. The third-order valence-electron chi connectivity index (χ3n) is 5.90. The SMILES string of the molecule is Clc1ccc(CO[C@H](Cn2cnc3ccccc32)c2ccc(N3CCOCC3)cc2)cc1. The molecule has 0 saturated carbocycles. The van der Waals surface area contributed by atoms with E-state index in [0.29, 0.717) is 13.2 Å². The van der Waals surface area contributed by atoms with Gasteiger partial charge in [-0.15, -0.1) is 0 Å². The number of morpholine rings is 1. The molecule has 5 rings (SSSR count). The number of nitrogens with zero attached hydrogens (tertiary/aromatic N) is 3. The summed E-state index contributed by atoms with van der Waals surface area (Å²) < 4.78 is 14.1. The molecule has 1 aromatic heterocycles. The Hall–Kier alpha value is -2.86. The van der Waals surface area contributed by atoms with Gasteiger partial charge in [0.05, 0.1) is 43.7 Å². The van der Waals surface area contributed by atoms with Crippen LogP contribution in [0, 0.1) is 0 Å². The highest BCUT2D eigenvalue weighted by Gasteiger charge is 2.17. The van der Waals surface area contributed by atoms with Gasteiger partial charge in [-0.1, -0.05) is 48.0 Å². The quantitative estimate of drug-likeness (QED) is 0.376. The highest BCUT2D eigenvalue weighted by molar-refractivity contribution is 6.30. The minimum Gasteiger partial charge on any atom is -0.378 e. The van der Waals surface area contributed by atoms with Crippen LogP contribution in [-0.4, -0.2) is 35.9 Å². The third kappa shape index (κ3) is 4.80. The molecule has 0 bridgehead atoms. The molecule has 164 valence electrons. The van der Waals surface area contributed by atoms with E-state index in [1.54, 1.807) is 0 Å². The van der Waals surface area contributed by atoms with Gasteiger partial charge >= 0.3 is 0 Å². The Balaban J connectivity index is 1.38. The standard InChI is InChI=1S/C26H26ClN3O2/c27-22-9-5-20(6-10-22)18-32-26(17-30-19-28-24-3-1-2-4-25(24)30)21-7-11-23(12-8-21)29-13-15-31-16-14-29/h1-12,19,26H,13-18H2/t26-/m1/s1. The fraction of sp³-hybridized carbons (Fsp3) is 0.269. The molecule has 4 aromatic rings. The van der Waals surface area contributed by atoms with Crippen LogP contribution in [0.3, 0.4) is 0 Å². The minimum absolute atomic E-state index is 0.109. The number of anilines is 1. The number of rotatable bonds is 7. The Morgan fingerprint density at radius 3 is 2.47 bits per heavy atom. The monoisotopic (exact) mass is 447 g/mol. The maximum atomic E-state index is 6.44. The summed E-state index contributed by atoms with van der Waals surface area (Å²) in [6, 6.07) is 24.7. The molecule has 2 heterocycles. The molecule has 3 aromatic carbocycles. The van der Waals surface area contributed by atoms with Crippen molar-refractivity contribution in [1.29, 1.82) is 0 Å². The number of fused-ring (bicyclic) bond motifs is 1. The van der Waals surface area contributed by atoms with Crippen molar-refractivity contribution in [2.24, 2.45) is 0 Å². The zero-order valence-electron chi connectivity index (χ0n) is 17.9. The Labute approximate surface area is 193 Å². The molecule has 0 spiro atoms. The molecule has 1 aliphatic rings. The maximum Gasteiger partial charge on any atom is 0.101 e. The lowest BCUT2D eigenvalue weighted by Crippen LogP contribution is -2.36. The Morgan fingerprint density at radius 2 is 1.69 bits per heavy atom. The minimum atomic E-state index is -0.109. The summed E-state index contributed by atoms with van der Waals surface area (Å²) in [5.74, 6) is 0. The van der Waals surface area contributed by atoms with Crippen LogP contribution in [0.4, 0.5) is 5.69 Å². The first-order valence-corrected chi connectivity index (χ1v) is 11.3. The summed E-state index contributed by atoms with van der Waals surface area (Å²) in [7, 11) is 0. The summed E-state index contributed by atoms with van der Waals surface area (Å²) in [6.07, 6.45) is 1.79. The molecule has 6 heteroatoms. The molecular formula is C26H26ClN3O2. The first-order chi connectivity index (χ1) is 15.8. The van der Waals surface area contributed by atoms with Crippen molar-refractivity contribution in [3.05, 3.63) is 95.3 Å². The van der Waals surface area contributed by atoms with E-state index in [4.69, 9.17) is 21.1 Å². The van der Waals surface area contributed by atoms with Gasteiger partial charge in [-0.2, -0.15) is 0 Å². The number of benzene rings is 3. The van der Waals surface area contributed by atoms with E-state index in [9.17, 15) is 0 Å². The van der Waals surface area contributed by atoms with Crippen LogP contribution < -0.4 is 4.90 Å². The normalized spacial score (nSPS) is 15.2. The molecule has 0 unspecified atom stereocenters. The van der Waals surface area contributed by atoms with Crippen molar-refractivity contribution in [1.82, 2.24) is 9.55 Å². The zero-order valence-corrected chi connectivity index (χ0v) is 18.6. The van der Waals surface area contributed by atoms with Gasteiger partial charge in [0.1, 0.15) is 6.10 Å². The largest absolute Gasteiger partial charge is 0.378 e. The van der Waals surface area contributed by atoms with Crippen LogP contribution in [0.2, 0.25) is 5.02 Å². The second-order valence-corrected chi connectivity index (χ2v) is 8.44. The smallest absolute Gasteiger partial charge is 0.101 e. The third-order valence-corrected chi connectivity index (χ3v) is 6.15. The van der Waals surface area contributed by atoms with Crippen molar-refractivity contribution in [2.45, 2.75) is 19.3 Å². The van der Waals surface area contributed by atoms with Gasteiger partial charge in [0, 0.05) is 23.8 Å². The summed E-state index contributed by atoms with van der Waals surface area (Å²) in [5, 5.41) is 0.730. The highest BCUT2D eigenvalue weighted by Crippen LogP contribution is 2.27. The van der Waals surface area contributed by atoms with Gasteiger partial charge in [0.25, 0.3) is 0 Å². The van der Waals surface area contributed by atoms with E-state index in [-0.39, 0.29) is 6.10 Å². The fourth-order valence-corrected chi connectivity index (χ4v) is 4.21. The van der Waals surface area contributed by atoms with E-state index < -0.39 is 0 Å². The van der Waals surface area contributed by atoms with E-state index in [0.717, 1.165) is 53.5 Å². The van der Waals surface area contributed by atoms with E-state index in [2.05, 4.69) is 44.8 Å². The molecule has 0 aliphatic carbocycles. The topological polar surface area (TPSA) is 39.5 Å². The molecule has 0 amide bonds. The van der Waals surface area contributed by atoms with E-state index in [1.165, 1.54) is 5.69 Å². The lowest BCUT2D eigenvalue weighted by atomic mass is 10.1. The van der Waals surface area contributed by atoms with Crippen LogP contribution in [0.15, 0.2) is 79.1 Å². The number of imidazole rings is 1. The average molecular weight is 448 g/mol. The van der Waals surface area contributed by atoms with Crippen LogP contribution in [0.1, 0.15) is 17.2 Å². The van der Waals surface area contributed by atoms with Crippen molar-refractivity contribution in [3.63, 3.8) is 0 Å². The predicted molar refractivity (Wildman–Crippen MR) is 128 cm³/mol. The summed E-state index contributed by atoms with van der Waals surface area (Å²) in [5.41, 5.74) is 5.57. The number of halogens is 1. The van der Waals surface area contributed by atoms with Crippen LogP contribution in [0.25, 0.3) is 11.0 Å². The van der Waals surface area contributed by atoms with Crippen molar-refractivity contribution < 1.29 is 9.47 Å². The Morgan fingerprint density at radius 1 is 0.938 bits per heavy atom. The first-order valence-electron chi connectivity index (χ1n) is 10.9. The van der Waals surface area contributed by atoms with Gasteiger partial charge in [-0.3, -0.25) is 0 Å². The summed E-state index contributed by atoms with van der Waals surface area (Å²) in [4.78, 5) is 6.90. The van der Waals surface area contributed by atoms with Crippen LogP contribution in [-0.2, 0) is 22.6 Å². The first kappa shape index (κ1) is 21.0. The molecule has 0 N–H and O–H groups in total. The van der Waals surface area contributed by atoms with Crippen molar-refractivity contribution in [3.8, 4) is 0 Å². The maximum absolute atomic E-state index is 6.44. The van der Waals surface area contributed by atoms with E-state index in [1.807, 2.05) is 48.8 Å². The highest BCUT2D eigenvalue weighted by atomic mass is 35.5. The molecule has 1 atom stereocenters. The van der Waals surface area contributed by atoms with Crippen molar-refractivity contribution >= 4 is 28.3 Å². The Bertz CT molecular complexity index is 1150. The number of ether oxygens (including phenoxy) is 2. The Kier molecular flexibility index (Phi) is 6.39. The fourth-order valence-electron chi connectivity index (χ4n) is 4.09. The second kappa shape index (κ2) is 9.74. The zero-order chi connectivity index (χ0) is 21.8. The van der Waals surface area contributed by atoms with Gasteiger partial charge in [-0.25, -0.2) is 4.98 Å². The number of hydrogen-bond donors (Lipinski definition) is 0. The van der Waals surface area contributed by atoms with Crippen LogP contribution >= 0.6 is 11.6 Å². The average Bonchev–Trinajstić information content (AvgIpc) is 3.26.